The Labute approximate surface area is 105 Å². The van der Waals surface area contributed by atoms with Crippen molar-refractivity contribution >= 4 is 6.03 Å². The van der Waals surface area contributed by atoms with Crippen LogP contribution in [0.3, 0.4) is 0 Å². The molecule has 0 aromatic rings. The van der Waals surface area contributed by atoms with E-state index in [9.17, 15) is 9.90 Å². The summed E-state index contributed by atoms with van der Waals surface area (Å²) in [5.41, 5.74) is 0. The Balaban J connectivity index is 3.41. The zero-order chi connectivity index (χ0) is 13.3. The lowest BCUT2D eigenvalue weighted by molar-refractivity contribution is 0.116. The molecule has 1 atom stereocenters. The Morgan fingerprint density at radius 1 is 1.06 bits per heavy atom. The van der Waals surface area contributed by atoms with Gasteiger partial charge in [-0.2, -0.15) is 0 Å². The van der Waals surface area contributed by atoms with Gasteiger partial charge in [0.25, 0.3) is 0 Å². The molecule has 17 heavy (non-hydrogen) atoms. The first-order valence-electron chi connectivity index (χ1n) is 6.63. The van der Waals surface area contributed by atoms with Gasteiger partial charge in [0.2, 0.25) is 0 Å². The van der Waals surface area contributed by atoms with E-state index in [2.05, 4.69) is 24.5 Å². The molecular formula is C13H28N2O2. The highest BCUT2D eigenvalue weighted by atomic mass is 16.3. The van der Waals surface area contributed by atoms with Gasteiger partial charge in [-0.1, -0.05) is 27.7 Å². The average molecular weight is 244 g/mol. The maximum Gasteiger partial charge on any atom is 0.314 e. The summed E-state index contributed by atoms with van der Waals surface area (Å²) >= 11 is 0. The summed E-state index contributed by atoms with van der Waals surface area (Å²) in [6, 6.07) is -0.135. The van der Waals surface area contributed by atoms with Crippen molar-refractivity contribution in [2.45, 2.75) is 53.1 Å². The Bertz CT molecular complexity index is 206. The molecule has 0 radical (unpaired) electrons. The highest BCUT2D eigenvalue weighted by molar-refractivity contribution is 5.73. The van der Waals surface area contributed by atoms with Crippen LogP contribution in [0.5, 0.6) is 0 Å². The molecule has 0 aliphatic carbocycles. The first-order valence-corrected chi connectivity index (χ1v) is 6.63. The van der Waals surface area contributed by atoms with Crippen LogP contribution in [0.4, 0.5) is 4.79 Å². The number of carbonyl (C=O) groups excluding carboxylic acids is 1. The molecule has 4 heteroatoms. The van der Waals surface area contributed by atoms with E-state index in [1.807, 2.05) is 13.8 Å². The first-order chi connectivity index (χ1) is 7.93. The van der Waals surface area contributed by atoms with Crippen LogP contribution in [0.15, 0.2) is 0 Å². The van der Waals surface area contributed by atoms with E-state index in [-0.39, 0.29) is 18.1 Å². The largest absolute Gasteiger partial charge is 0.393 e. The number of carbonyl (C=O) groups is 1. The second kappa shape index (κ2) is 9.28. The molecule has 0 rings (SSSR count). The molecule has 3 N–H and O–H groups in total. The van der Waals surface area contributed by atoms with Crippen LogP contribution in [-0.2, 0) is 0 Å². The summed E-state index contributed by atoms with van der Waals surface area (Å²) in [5, 5.41) is 15.1. The number of rotatable bonds is 8. The van der Waals surface area contributed by atoms with Crippen molar-refractivity contribution in [2.24, 2.45) is 11.8 Å². The van der Waals surface area contributed by atoms with Gasteiger partial charge in [0.1, 0.15) is 0 Å². The van der Waals surface area contributed by atoms with Crippen LogP contribution in [0.1, 0.15) is 47.0 Å². The number of aliphatic hydroxyl groups is 1. The molecule has 0 spiro atoms. The van der Waals surface area contributed by atoms with Crippen LogP contribution in [0, 0.1) is 11.8 Å². The van der Waals surface area contributed by atoms with Crippen molar-refractivity contribution in [3.63, 3.8) is 0 Å². The standard InChI is InChI=1S/C13H28N2O2/c1-10(2)6-5-8-14-13(17)15-9-7-12(16)11(3)4/h10-12,16H,5-9H2,1-4H3,(H2,14,15,17). The molecule has 1 unspecified atom stereocenters. The van der Waals surface area contributed by atoms with Gasteiger partial charge < -0.3 is 15.7 Å². The van der Waals surface area contributed by atoms with Crippen LogP contribution >= 0.6 is 0 Å². The predicted molar refractivity (Wildman–Crippen MR) is 70.9 cm³/mol. The van der Waals surface area contributed by atoms with E-state index in [0.717, 1.165) is 19.4 Å². The van der Waals surface area contributed by atoms with Gasteiger partial charge in [0.05, 0.1) is 6.10 Å². The molecule has 0 heterocycles. The fourth-order valence-corrected chi connectivity index (χ4v) is 1.44. The maximum atomic E-state index is 11.3. The Morgan fingerprint density at radius 3 is 2.18 bits per heavy atom. The normalized spacial score (nSPS) is 12.9. The number of hydrogen-bond donors (Lipinski definition) is 3. The van der Waals surface area contributed by atoms with E-state index in [0.29, 0.717) is 18.9 Å². The summed E-state index contributed by atoms with van der Waals surface area (Å²) in [6.45, 7) is 9.53. The summed E-state index contributed by atoms with van der Waals surface area (Å²) in [4.78, 5) is 11.3. The second-order valence-corrected chi connectivity index (χ2v) is 5.32. The third kappa shape index (κ3) is 10.1. The molecule has 2 amide bonds. The van der Waals surface area contributed by atoms with Gasteiger partial charge in [-0.15, -0.1) is 0 Å². The van der Waals surface area contributed by atoms with Crippen molar-refractivity contribution in [3.05, 3.63) is 0 Å². The van der Waals surface area contributed by atoms with E-state index in [4.69, 9.17) is 0 Å². The molecule has 0 aromatic carbocycles. The zero-order valence-electron chi connectivity index (χ0n) is 11.6. The lowest BCUT2D eigenvalue weighted by Crippen LogP contribution is -2.37. The van der Waals surface area contributed by atoms with E-state index < -0.39 is 0 Å². The molecule has 0 saturated heterocycles. The van der Waals surface area contributed by atoms with Gasteiger partial charge in [-0.25, -0.2) is 4.79 Å². The van der Waals surface area contributed by atoms with Gasteiger partial charge in [-0.3, -0.25) is 0 Å². The number of hydrogen-bond acceptors (Lipinski definition) is 2. The lowest BCUT2D eigenvalue weighted by atomic mass is 10.0. The summed E-state index contributed by atoms with van der Waals surface area (Å²) < 4.78 is 0. The second-order valence-electron chi connectivity index (χ2n) is 5.32. The van der Waals surface area contributed by atoms with Crippen molar-refractivity contribution in [2.75, 3.05) is 13.1 Å². The van der Waals surface area contributed by atoms with Crippen LogP contribution < -0.4 is 10.6 Å². The van der Waals surface area contributed by atoms with E-state index in [1.54, 1.807) is 0 Å². The minimum Gasteiger partial charge on any atom is -0.393 e. The third-order valence-electron chi connectivity index (χ3n) is 2.74. The fraction of sp³-hybridized carbons (Fsp3) is 0.923. The zero-order valence-corrected chi connectivity index (χ0v) is 11.6. The molecule has 102 valence electrons. The molecular weight excluding hydrogens is 216 g/mol. The van der Waals surface area contributed by atoms with Gasteiger partial charge in [0, 0.05) is 13.1 Å². The summed E-state index contributed by atoms with van der Waals surface area (Å²) in [5.74, 6) is 0.923. The number of urea groups is 1. The highest BCUT2D eigenvalue weighted by Gasteiger charge is 2.09. The summed E-state index contributed by atoms with van der Waals surface area (Å²) in [6.07, 6.45) is 2.42. The first kappa shape index (κ1) is 16.2. The van der Waals surface area contributed by atoms with Crippen LogP contribution in [0.2, 0.25) is 0 Å². The lowest BCUT2D eigenvalue weighted by Gasteiger charge is -2.14. The summed E-state index contributed by atoms with van der Waals surface area (Å²) in [7, 11) is 0. The third-order valence-corrected chi connectivity index (χ3v) is 2.74. The van der Waals surface area contributed by atoms with Gasteiger partial charge >= 0.3 is 6.03 Å². The highest BCUT2D eigenvalue weighted by Crippen LogP contribution is 2.04. The Hall–Kier alpha value is -0.770. The van der Waals surface area contributed by atoms with Gasteiger partial charge in [-0.05, 0) is 31.1 Å². The molecule has 0 aromatic heterocycles. The van der Waals surface area contributed by atoms with Gasteiger partial charge in [0.15, 0.2) is 0 Å². The topological polar surface area (TPSA) is 61.4 Å². The number of aliphatic hydroxyl groups excluding tert-OH is 1. The SMILES string of the molecule is CC(C)CCCNC(=O)NCCC(O)C(C)C. The number of nitrogens with one attached hydrogen (secondary N) is 2. The monoisotopic (exact) mass is 244 g/mol. The maximum absolute atomic E-state index is 11.3. The molecule has 0 bridgehead atoms. The van der Waals surface area contributed by atoms with Crippen LogP contribution in [-0.4, -0.2) is 30.3 Å². The van der Waals surface area contributed by atoms with Crippen molar-refractivity contribution < 1.29 is 9.90 Å². The van der Waals surface area contributed by atoms with Crippen molar-refractivity contribution in [3.8, 4) is 0 Å². The molecule has 0 fully saturated rings. The van der Waals surface area contributed by atoms with Crippen molar-refractivity contribution in [1.29, 1.82) is 0 Å². The average Bonchev–Trinajstić information content (AvgIpc) is 2.23. The van der Waals surface area contributed by atoms with E-state index in [1.165, 1.54) is 0 Å². The van der Waals surface area contributed by atoms with Crippen molar-refractivity contribution in [1.82, 2.24) is 10.6 Å². The van der Waals surface area contributed by atoms with Crippen LogP contribution in [0.25, 0.3) is 0 Å². The minimum atomic E-state index is -0.337. The molecule has 4 nitrogen and oxygen atoms in total. The number of amides is 2. The quantitative estimate of drug-likeness (QED) is 0.573. The predicted octanol–water partition coefficient (Wildman–Crippen LogP) is 2.13. The van der Waals surface area contributed by atoms with E-state index >= 15 is 0 Å². The molecule has 0 saturated carbocycles. The molecule has 0 aliphatic rings. The fourth-order valence-electron chi connectivity index (χ4n) is 1.44. The molecule has 0 aliphatic heterocycles. The Morgan fingerprint density at radius 2 is 1.65 bits per heavy atom. The smallest absolute Gasteiger partial charge is 0.314 e. The minimum absolute atomic E-state index is 0.135. The Kier molecular flexibility index (Phi) is 8.86.